The molecule has 6 heteroatoms. The summed E-state index contributed by atoms with van der Waals surface area (Å²) in [5, 5.41) is 5.53. The highest BCUT2D eigenvalue weighted by molar-refractivity contribution is 8.00. The van der Waals surface area contributed by atoms with E-state index in [4.69, 9.17) is 16.7 Å². The molecule has 0 saturated heterocycles. The van der Waals surface area contributed by atoms with Crippen LogP contribution >= 0.6 is 23.4 Å². The first-order chi connectivity index (χ1) is 8.43. The van der Waals surface area contributed by atoms with Crippen molar-refractivity contribution in [1.29, 1.82) is 0 Å². The molecule has 106 valence electrons. The molecule has 0 bridgehead atoms. The lowest BCUT2D eigenvalue weighted by Crippen LogP contribution is -2.14. The molecule has 0 atom stereocenters. The summed E-state index contributed by atoms with van der Waals surface area (Å²) in [5.74, 6) is -1.14. The van der Waals surface area contributed by atoms with Crippen LogP contribution in [-0.2, 0) is 5.38 Å². The van der Waals surface area contributed by atoms with Crippen molar-refractivity contribution in [2.24, 2.45) is 0 Å². The molecular formula is C13H15ClF2O2S. The lowest BCUT2D eigenvalue weighted by Gasteiger charge is -2.24. The average molecular weight is 309 g/mol. The molecule has 0 heterocycles. The lowest BCUT2D eigenvalue weighted by molar-refractivity contribution is 0.0693. The summed E-state index contributed by atoms with van der Waals surface area (Å²) in [5.41, 5.74) is -0.0294. The second kappa shape index (κ2) is 5.29. The molecule has 0 unspecified atom stereocenters. The van der Waals surface area contributed by atoms with Crippen molar-refractivity contribution in [2.75, 3.05) is 0 Å². The van der Waals surface area contributed by atoms with E-state index in [1.54, 1.807) is 0 Å². The third-order valence-corrected chi connectivity index (χ3v) is 3.90. The molecular weight excluding hydrogens is 294 g/mol. The van der Waals surface area contributed by atoms with Gasteiger partial charge in [-0.1, -0.05) is 20.8 Å². The molecule has 0 aromatic heterocycles. The van der Waals surface area contributed by atoms with Crippen molar-refractivity contribution in [1.82, 2.24) is 0 Å². The fraction of sp³-hybridized carbons (Fsp3) is 0.462. The fourth-order valence-electron chi connectivity index (χ4n) is 1.58. The molecule has 1 aromatic rings. The summed E-state index contributed by atoms with van der Waals surface area (Å²) < 4.78 is 26.5. The number of carbonyl (C=O) groups is 1. The zero-order valence-electron chi connectivity index (χ0n) is 11.1. The third-order valence-electron chi connectivity index (χ3n) is 2.35. The van der Waals surface area contributed by atoms with Crippen LogP contribution in [0.3, 0.4) is 0 Å². The normalized spacial score (nSPS) is 12.6. The van der Waals surface area contributed by atoms with E-state index in [0.29, 0.717) is 5.56 Å². The van der Waals surface area contributed by atoms with Gasteiger partial charge in [-0.3, -0.25) is 0 Å². The minimum Gasteiger partial charge on any atom is -0.478 e. The van der Waals surface area contributed by atoms with Crippen LogP contribution in [0, 0.1) is 6.92 Å². The van der Waals surface area contributed by atoms with Crippen molar-refractivity contribution >= 4 is 29.3 Å². The first-order valence-corrected chi connectivity index (χ1v) is 6.76. The molecule has 0 radical (unpaired) electrons. The van der Waals surface area contributed by atoms with Crippen LogP contribution in [0.1, 0.15) is 42.3 Å². The molecule has 1 N–H and O–H groups in total. The highest BCUT2D eigenvalue weighted by Gasteiger charge is 2.34. The van der Waals surface area contributed by atoms with E-state index in [9.17, 15) is 13.6 Å². The molecule has 1 aromatic carbocycles. The Hall–Kier alpha value is -0.810. The summed E-state index contributed by atoms with van der Waals surface area (Å²) >= 11 is 6.29. The SMILES string of the molecule is Cc1c(C(=O)O)ccc(C(F)(F)Cl)c1SC(C)(C)C. The summed E-state index contributed by atoms with van der Waals surface area (Å²) in [6.07, 6.45) is 0. The monoisotopic (exact) mass is 308 g/mol. The van der Waals surface area contributed by atoms with Gasteiger partial charge >= 0.3 is 11.4 Å². The number of aromatic carboxylic acids is 1. The van der Waals surface area contributed by atoms with Gasteiger partial charge in [0, 0.05) is 9.64 Å². The van der Waals surface area contributed by atoms with Gasteiger partial charge in [-0.05, 0) is 36.2 Å². The van der Waals surface area contributed by atoms with E-state index in [2.05, 4.69) is 0 Å². The van der Waals surface area contributed by atoms with Gasteiger partial charge in [-0.25, -0.2) is 4.79 Å². The highest BCUT2D eigenvalue weighted by atomic mass is 35.5. The number of rotatable bonds is 3. The van der Waals surface area contributed by atoms with Crippen molar-refractivity contribution in [3.63, 3.8) is 0 Å². The summed E-state index contributed by atoms with van der Waals surface area (Å²) in [4.78, 5) is 11.3. The molecule has 0 aliphatic rings. The topological polar surface area (TPSA) is 37.3 Å². The van der Waals surface area contributed by atoms with Crippen LogP contribution in [0.2, 0.25) is 0 Å². The predicted octanol–water partition coefficient (Wildman–Crippen LogP) is 4.87. The third kappa shape index (κ3) is 4.08. The van der Waals surface area contributed by atoms with Gasteiger partial charge < -0.3 is 5.11 Å². The van der Waals surface area contributed by atoms with Gasteiger partial charge in [0.15, 0.2) is 0 Å². The Kier molecular flexibility index (Phi) is 4.52. The predicted molar refractivity (Wildman–Crippen MR) is 73.5 cm³/mol. The van der Waals surface area contributed by atoms with E-state index >= 15 is 0 Å². The maximum absolute atomic E-state index is 13.4. The first-order valence-electron chi connectivity index (χ1n) is 5.56. The van der Waals surface area contributed by atoms with Gasteiger partial charge in [0.05, 0.1) is 11.1 Å². The molecule has 2 nitrogen and oxygen atoms in total. The number of alkyl halides is 3. The lowest BCUT2D eigenvalue weighted by atomic mass is 10.0. The molecule has 0 aliphatic heterocycles. The largest absolute Gasteiger partial charge is 0.478 e. The number of hydrogen-bond acceptors (Lipinski definition) is 2. The molecule has 19 heavy (non-hydrogen) atoms. The Morgan fingerprint density at radius 2 is 1.84 bits per heavy atom. The average Bonchev–Trinajstić information content (AvgIpc) is 2.16. The van der Waals surface area contributed by atoms with Gasteiger partial charge in [0.2, 0.25) is 0 Å². The Morgan fingerprint density at radius 1 is 1.32 bits per heavy atom. The highest BCUT2D eigenvalue weighted by Crippen LogP contribution is 2.44. The minimum atomic E-state index is -3.52. The molecule has 0 saturated carbocycles. The molecule has 0 spiro atoms. The number of hydrogen-bond donors (Lipinski definition) is 1. The second-order valence-electron chi connectivity index (χ2n) is 5.13. The van der Waals surface area contributed by atoms with Gasteiger partial charge in [0.1, 0.15) is 0 Å². The fourth-order valence-corrected chi connectivity index (χ4v) is 2.98. The van der Waals surface area contributed by atoms with Gasteiger partial charge in [-0.15, -0.1) is 11.8 Å². The van der Waals surface area contributed by atoms with E-state index in [0.717, 1.165) is 12.1 Å². The van der Waals surface area contributed by atoms with E-state index in [-0.39, 0.29) is 20.8 Å². The maximum atomic E-state index is 13.4. The second-order valence-corrected chi connectivity index (χ2v) is 7.44. The van der Waals surface area contributed by atoms with Crippen LogP contribution < -0.4 is 0 Å². The van der Waals surface area contributed by atoms with Crippen LogP contribution in [-0.4, -0.2) is 15.8 Å². The zero-order valence-corrected chi connectivity index (χ0v) is 12.6. The van der Waals surface area contributed by atoms with Crippen LogP contribution in [0.5, 0.6) is 0 Å². The van der Waals surface area contributed by atoms with Crippen molar-refractivity contribution < 1.29 is 18.7 Å². The van der Waals surface area contributed by atoms with Crippen molar-refractivity contribution in [3.8, 4) is 0 Å². The first kappa shape index (κ1) is 16.2. The number of halogens is 3. The number of benzene rings is 1. The Balaban J connectivity index is 3.51. The van der Waals surface area contributed by atoms with E-state index < -0.39 is 11.4 Å². The van der Waals surface area contributed by atoms with E-state index in [1.807, 2.05) is 20.8 Å². The van der Waals surface area contributed by atoms with Gasteiger partial charge in [0.25, 0.3) is 0 Å². The minimum absolute atomic E-state index is 0.0106. The summed E-state index contributed by atoms with van der Waals surface area (Å²) in [6.45, 7) is 7.10. The standard InChI is InChI=1S/C13H15ClF2O2S/c1-7-8(11(17)18)5-6-9(13(14,15)16)10(7)19-12(2,3)4/h5-6H,1-4H3,(H,17,18). The van der Waals surface area contributed by atoms with Crippen molar-refractivity contribution in [3.05, 3.63) is 28.8 Å². The van der Waals surface area contributed by atoms with Crippen molar-refractivity contribution in [2.45, 2.75) is 42.7 Å². The Morgan fingerprint density at radius 3 is 2.21 bits per heavy atom. The van der Waals surface area contributed by atoms with E-state index in [1.165, 1.54) is 18.7 Å². The summed E-state index contributed by atoms with van der Waals surface area (Å²) in [6, 6.07) is 2.24. The Bertz CT molecular complexity index is 505. The smallest absolute Gasteiger partial charge is 0.349 e. The molecule has 0 fully saturated rings. The zero-order chi connectivity index (χ0) is 15.0. The number of thioether (sulfide) groups is 1. The number of carboxylic acid groups (broad SMARTS) is 1. The van der Waals surface area contributed by atoms with Crippen LogP contribution in [0.15, 0.2) is 17.0 Å². The quantitative estimate of drug-likeness (QED) is 0.639. The molecule has 0 amide bonds. The molecule has 0 aliphatic carbocycles. The summed E-state index contributed by atoms with van der Waals surface area (Å²) in [7, 11) is 0. The number of carboxylic acids is 1. The van der Waals surface area contributed by atoms with Crippen LogP contribution in [0.25, 0.3) is 0 Å². The molecule has 1 rings (SSSR count). The van der Waals surface area contributed by atoms with Crippen LogP contribution in [0.4, 0.5) is 8.78 Å². The van der Waals surface area contributed by atoms with Gasteiger partial charge in [-0.2, -0.15) is 8.78 Å². The maximum Gasteiger partial charge on any atom is 0.349 e. The Labute approximate surface area is 120 Å².